The molecule has 1 rings (SSSR count). The minimum atomic E-state index is -5.11. The lowest BCUT2D eigenvalue weighted by Crippen LogP contribution is -2.39. The number of carboxylic acids is 1. The van der Waals surface area contributed by atoms with Gasteiger partial charge in [0, 0.05) is 6.07 Å². The van der Waals surface area contributed by atoms with Gasteiger partial charge in [0.25, 0.3) is 0 Å². The number of carboxylic acid groups (broad SMARTS) is 1. The van der Waals surface area contributed by atoms with Gasteiger partial charge in [-0.2, -0.15) is 13.2 Å². The molecule has 2 N–H and O–H groups in total. The van der Waals surface area contributed by atoms with Crippen molar-refractivity contribution in [3.05, 3.63) is 23.8 Å². The Morgan fingerprint density at radius 3 is 2.05 bits per heavy atom. The Balaban J connectivity index is 3.16. The monoisotopic (exact) mass is 321 g/mol. The SMILES string of the molecule is COc1cc(OC)cc(C(CC(=O)O)NC(=O)C(F)(F)F)c1. The van der Waals surface area contributed by atoms with Crippen LogP contribution >= 0.6 is 0 Å². The summed E-state index contributed by atoms with van der Waals surface area (Å²) in [6, 6.07) is 2.74. The van der Waals surface area contributed by atoms with Gasteiger partial charge in [0.2, 0.25) is 0 Å². The number of nitrogens with one attached hydrogen (secondary N) is 1. The number of benzene rings is 1. The summed E-state index contributed by atoms with van der Waals surface area (Å²) < 4.78 is 47.0. The molecule has 1 atom stereocenters. The molecule has 0 saturated heterocycles. The number of hydrogen-bond acceptors (Lipinski definition) is 4. The Kier molecular flexibility index (Phi) is 5.61. The highest BCUT2D eigenvalue weighted by molar-refractivity contribution is 5.82. The van der Waals surface area contributed by atoms with E-state index in [1.54, 1.807) is 5.32 Å². The maximum absolute atomic E-state index is 12.3. The normalized spacial score (nSPS) is 12.4. The van der Waals surface area contributed by atoms with Gasteiger partial charge >= 0.3 is 18.1 Å². The van der Waals surface area contributed by atoms with Crippen LogP contribution in [0.2, 0.25) is 0 Å². The van der Waals surface area contributed by atoms with Gasteiger partial charge in [-0.1, -0.05) is 0 Å². The van der Waals surface area contributed by atoms with Crippen molar-refractivity contribution >= 4 is 11.9 Å². The van der Waals surface area contributed by atoms with Crippen LogP contribution in [0.3, 0.4) is 0 Å². The lowest BCUT2D eigenvalue weighted by atomic mass is 10.0. The molecule has 0 aliphatic heterocycles. The van der Waals surface area contributed by atoms with Crippen LogP contribution in [-0.2, 0) is 9.59 Å². The average molecular weight is 321 g/mol. The second-order valence-corrected chi connectivity index (χ2v) is 4.27. The molecule has 0 aromatic heterocycles. The summed E-state index contributed by atoms with van der Waals surface area (Å²) in [6.45, 7) is 0. The Labute approximate surface area is 123 Å². The first-order valence-electron chi connectivity index (χ1n) is 5.99. The van der Waals surface area contributed by atoms with E-state index < -0.39 is 30.5 Å². The highest BCUT2D eigenvalue weighted by atomic mass is 19.4. The van der Waals surface area contributed by atoms with Crippen molar-refractivity contribution in [3.63, 3.8) is 0 Å². The summed E-state index contributed by atoms with van der Waals surface area (Å²) in [4.78, 5) is 21.9. The molecule has 1 aromatic rings. The van der Waals surface area contributed by atoms with Gasteiger partial charge in [0.15, 0.2) is 0 Å². The molecule has 1 amide bonds. The predicted molar refractivity (Wildman–Crippen MR) is 68.7 cm³/mol. The molecule has 0 spiro atoms. The summed E-state index contributed by atoms with van der Waals surface area (Å²) in [7, 11) is 2.66. The highest BCUT2D eigenvalue weighted by Gasteiger charge is 2.40. The van der Waals surface area contributed by atoms with E-state index in [1.807, 2.05) is 0 Å². The molecule has 22 heavy (non-hydrogen) atoms. The van der Waals surface area contributed by atoms with E-state index in [-0.39, 0.29) is 17.1 Å². The first-order chi connectivity index (χ1) is 10.2. The van der Waals surface area contributed by atoms with Gasteiger partial charge in [-0.15, -0.1) is 0 Å². The lowest BCUT2D eigenvalue weighted by molar-refractivity contribution is -0.174. The zero-order valence-electron chi connectivity index (χ0n) is 11.7. The van der Waals surface area contributed by atoms with Crippen molar-refractivity contribution < 1.29 is 37.3 Å². The van der Waals surface area contributed by atoms with Crippen molar-refractivity contribution in [3.8, 4) is 11.5 Å². The first-order valence-corrected chi connectivity index (χ1v) is 5.99. The van der Waals surface area contributed by atoms with E-state index in [0.717, 1.165) is 0 Å². The molecular weight excluding hydrogens is 307 g/mol. The number of methoxy groups -OCH3 is 2. The Morgan fingerprint density at radius 1 is 1.18 bits per heavy atom. The third kappa shape index (κ3) is 4.83. The van der Waals surface area contributed by atoms with Crippen molar-refractivity contribution in [1.82, 2.24) is 5.32 Å². The molecule has 6 nitrogen and oxygen atoms in total. The molecule has 0 saturated carbocycles. The molecule has 122 valence electrons. The van der Waals surface area contributed by atoms with Gasteiger partial charge in [0.05, 0.1) is 26.7 Å². The number of carbonyl (C=O) groups excluding carboxylic acids is 1. The molecule has 9 heteroatoms. The molecule has 0 heterocycles. The Morgan fingerprint density at radius 2 is 1.68 bits per heavy atom. The zero-order valence-corrected chi connectivity index (χ0v) is 11.7. The molecular formula is C13H14F3NO5. The van der Waals surface area contributed by atoms with Crippen LogP contribution in [0.25, 0.3) is 0 Å². The molecule has 1 unspecified atom stereocenters. The van der Waals surface area contributed by atoms with Crippen molar-refractivity contribution in [2.24, 2.45) is 0 Å². The highest BCUT2D eigenvalue weighted by Crippen LogP contribution is 2.29. The maximum Gasteiger partial charge on any atom is 0.471 e. The summed E-state index contributed by atoms with van der Waals surface area (Å²) in [5.74, 6) is -3.08. The van der Waals surface area contributed by atoms with Crippen LogP contribution in [0.5, 0.6) is 11.5 Å². The van der Waals surface area contributed by atoms with Gasteiger partial charge < -0.3 is 19.9 Å². The fourth-order valence-electron chi connectivity index (χ4n) is 1.70. The van der Waals surface area contributed by atoms with E-state index in [0.29, 0.717) is 0 Å². The van der Waals surface area contributed by atoms with Crippen molar-refractivity contribution in [1.29, 1.82) is 0 Å². The molecule has 0 fully saturated rings. The fourth-order valence-corrected chi connectivity index (χ4v) is 1.70. The number of ether oxygens (including phenoxy) is 2. The van der Waals surface area contributed by atoms with Crippen LogP contribution in [0.4, 0.5) is 13.2 Å². The summed E-state index contributed by atoms with van der Waals surface area (Å²) >= 11 is 0. The number of alkyl halides is 3. The largest absolute Gasteiger partial charge is 0.497 e. The Hall–Kier alpha value is -2.45. The van der Waals surface area contributed by atoms with E-state index in [4.69, 9.17) is 14.6 Å². The quantitative estimate of drug-likeness (QED) is 0.836. The number of amides is 1. The zero-order chi connectivity index (χ0) is 16.9. The number of carbonyl (C=O) groups is 2. The van der Waals surface area contributed by atoms with Crippen LogP contribution in [0, 0.1) is 0 Å². The van der Waals surface area contributed by atoms with Crippen LogP contribution in [-0.4, -0.2) is 37.4 Å². The third-order valence-corrected chi connectivity index (χ3v) is 2.72. The summed E-state index contributed by atoms with van der Waals surface area (Å²) in [5, 5.41) is 10.5. The van der Waals surface area contributed by atoms with E-state index >= 15 is 0 Å². The maximum atomic E-state index is 12.3. The molecule has 0 aliphatic carbocycles. The number of rotatable bonds is 6. The first kappa shape index (κ1) is 17.6. The van der Waals surface area contributed by atoms with Crippen LogP contribution in [0.15, 0.2) is 18.2 Å². The van der Waals surface area contributed by atoms with Crippen molar-refractivity contribution in [2.75, 3.05) is 14.2 Å². The van der Waals surface area contributed by atoms with Gasteiger partial charge in [0.1, 0.15) is 11.5 Å². The fraction of sp³-hybridized carbons (Fsp3) is 0.385. The minimum absolute atomic E-state index is 0.121. The predicted octanol–water partition coefficient (Wildman–Crippen LogP) is 1.90. The van der Waals surface area contributed by atoms with E-state index in [2.05, 4.69) is 0 Å². The second kappa shape index (κ2) is 7.01. The lowest BCUT2D eigenvalue weighted by Gasteiger charge is -2.19. The number of hydrogen-bond donors (Lipinski definition) is 2. The summed E-state index contributed by atoms with van der Waals surface area (Å²) in [6.07, 6.45) is -5.84. The van der Waals surface area contributed by atoms with E-state index in [1.165, 1.54) is 32.4 Å². The third-order valence-electron chi connectivity index (χ3n) is 2.72. The number of aliphatic carboxylic acids is 1. The van der Waals surface area contributed by atoms with Crippen LogP contribution < -0.4 is 14.8 Å². The standard InChI is InChI=1S/C13H14F3NO5/c1-21-8-3-7(4-9(5-8)22-2)10(6-11(18)19)17-12(20)13(14,15)16/h3-5,10H,6H2,1-2H3,(H,17,20)(H,18,19). The van der Waals surface area contributed by atoms with Crippen molar-refractivity contribution in [2.45, 2.75) is 18.6 Å². The molecule has 1 aromatic carbocycles. The van der Waals surface area contributed by atoms with E-state index in [9.17, 15) is 22.8 Å². The smallest absolute Gasteiger partial charge is 0.471 e. The topological polar surface area (TPSA) is 84.9 Å². The van der Waals surface area contributed by atoms with Gasteiger partial charge in [-0.3, -0.25) is 9.59 Å². The number of halogens is 3. The molecule has 0 radical (unpaired) electrons. The Bertz CT molecular complexity index is 537. The molecule has 0 bridgehead atoms. The summed E-state index contributed by atoms with van der Waals surface area (Å²) in [5.41, 5.74) is 0.121. The average Bonchev–Trinajstić information content (AvgIpc) is 2.44. The van der Waals surface area contributed by atoms with Crippen LogP contribution in [0.1, 0.15) is 18.0 Å². The second-order valence-electron chi connectivity index (χ2n) is 4.27. The molecule has 0 aliphatic rings. The van der Waals surface area contributed by atoms with Gasteiger partial charge in [-0.05, 0) is 17.7 Å². The van der Waals surface area contributed by atoms with Gasteiger partial charge in [-0.25, -0.2) is 0 Å². The minimum Gasteiger partial charge on any atom is -0.497 e.